The Labute approximate surface area is 221 Å². The van der Waals surface area contributed by atoms with Crippen LogP contribution in [-0.4, -0.2) is 50.0 Å². The van der Waals surface area contributed by atoms with Crippen LogP contribution in [0.1, 0.15) is 44.6 Å². The van der Waals surface area contributed by atoms with E-state index in [1.807, 2.05) is 0 Å². The van der Waals surface area contributed by atoms with E-state index in [4.69, 9.17) is 23.2 Å². The first kappa shape index (κ1) is 28.2. The number of carbonyl (C=O) groups excluding carboxylic acids is 2. The normalized spacial score (nSPS) is 14.9. The highest BCUT2D eigenvalue weighted by atomic mass is 35.5. The second-order valence-corrected chi connectivity index (χ2v) is 11.7. The zero-order chi connectivity index (χ0) is 26.5. The van der Waals surface area contributed by atoms with Gasteiger partial charge in [0.05, 0.1) is 11.9 Å². The van der Waals surface area contributed by atoms with Gasteiger partial charge in [-0.15, -0.1) is 0 Å². The third-order valence-corrected chi connectivity index (χ3v) is 7.75. The molecule has 196 valence electrons. The van der Waals surface area contributed by atoms with Crippen molar-refractivity contribution < 1.29 is 22.4 Å². The number of halogens is 3. The molecule has 1 aliphatic rings. The quantitative estimate of drug-likeness (QED) is 0.456. The van der Waals surface area contributed by atoms with Crippen LogP contribution in [0, 0.1) is 5.82 Å². The molecular weight excluding hydrogens is 528 g/mol. The van der Waals surface area contributed by atoms with Gasteiger partial charge in [0, 0.05) is 22.6 Å². The van der Waals surface area contributed by atoms with Gasteiger partial charge in [-0.1, -0.05) is 55.1 Å². The Kier molecular flexibility index (Phi) is 9.60. The maximum atomic E-state index is 13.7. The number of nitrogens with one attached hydrogen (secondary N) is 1. The predicted molar refractivity (Wildman–Crippen MR) is 140 cm³/mol. The van der Waals surface area contributed by atoms with Crippen molar-refractivity contribution in [3.63, 3.8) is 0 Å². The fourth-order valence-corrected chi connectivity index (χ4v) is 5.72. The summed E-state index contributed by atoms with van der Waals surface area (Å²) in [4.78, 5) is 28.2. The van der Waals surface area contributed by atoms with Gasteiger partial charge in [-0.2, -0.15) is 0 Å². The summed E-state index contributed by atoms with van der Waals surface area (Å²) in [6.45, 7) is 1.22. The largest absolute Gasteiger partial charge is 0.352 e. The highest BCUT2D eigenvalue weighted by Crippen LogP contribution is 2.27. The van der Waals surface area contributed by atoms with E-state index in [1.165, 1.54) is 47.4 Å². The third-order valence-electron chi connectivity index (χ3n) is 6.17. The summed E-state index contributed by atoms with van der Waals surface area (Å²) >= 11 is 12.1. The van der Waals surface area contributed by atoms with Crippen LogP contribution in [0.3, 0.4) is 0 Å². The van der Waals surface area contributed by atoms with E-state index in [-0.39, 0.29) is 34.2 Å². The molecule has 2 aromatic carbocycles. The molecule has 0 saturated heterocycles. The molecule has 1 saturated carbocycles. The summed E-state index contributed by atoms with van der Waals surface area (Å²) in [7, 11) is -3.91. The van der Waals surface area contributed by atoms with E-state index < -0.39 is 34.3 Å². The average Bonchev–Trinajstić information content (AvgIpc) is 3.30. The van der Waals surface area contributed by atoms with Crippen LogP contribution in [0.5, 0.6) is 0 Å². The van der Waals surface area contributed by atoms with Gasteiger partial charge < -0.3 is 10.2 Å². The van der Waals surface area contributed by atoms with E-state index >= 15 is 0 Å². The highest BCUT2D eigenvalue weighted by Gasteiger charge is 2.33. The second-order valence-electron chi connectivity index (χ2n) is 8.96. The molecule has 0 heterocycles. The molecule has 0 aromatic heterocycles. The Balaban J connectivity index is 1.93. The van der Waals surface area contributed by atoms with Crippen molar-refractivity contribution in [1.82, 2.24) is 10.2 Å². The molecule has 7 nitrogen and oxygen atoms in total. The Hall–Kier alpha value is -2.36. The SMILES string of the molecule is CCC(C(=O)NC1CCCC1)N(Cc1ccc(F)cc1)C(=O)CN(c1cc(Cl)cc(Cl)c1)S(C)(=O)=O. The van der Waals surface area contributed by atoms with Crippen molar-refractivity contribution >= 4 is 50.7 Å². The summed E-state index contributed by atoms with van der Waals surface area (Å²) in [5.74, 6) is -1.31. The first-order valence-corrected chi connectivity index (χ1v) is 14.4. The van der Waals surface area contributed by atoms with Gasteiger partial charge in [0.15, 0.2) is 0 Å². The molecule has 1 N–H and O–H groups in total. The molecule has 0 radical (unpaired) electrons. The molecule has 1 fully saturated rings. The summed E-state index contributed by atoms with van der Waals surface area (Å²) in [6, 6.07) is 9.07. The van der Waals surface area contributed by atoms with E-state index in [9.17, 15) is 22.4 Å². The van der Waals surface area contributed by atoms with Gasteiger partial charge in [0.1, 0.15) is 18.4 Å². The van der Waals surface area contributed by atoms with Crippen LogP contribution in [0.25, 0.3) is 0 Å². The molecule has 2 amide bonds. The van der Waals surface area contributed by atoms with Crippen LogP contribution < -0.4 is 9.62 Å². The molecular formula is C25H30Cl2FN3O4S. The lowest BCUT2D eigenvalue weighted by Crippen LogP contribution is -2.53. The van der Waals surface area contributed by atoms with Crippen LogP contribution in [0.15, 0.2) is 42.5 Å². The van der Waals surface area contributed by atoms with Crippen molar-refractivity contribution in [2.24, 2.45) is 0 Å². The summed E-state index contributed by atoms with van der Waals surface area (Å²) in [6.07, 6.45) is 5.12. The van der Waals surface area contributed by atoms with E-state index in [0.29, 0.717) is 12.0 Å². The van der Waals surface area contributed by atoms with Crippen molar-refractivity contribution in [1.29, 1.82) is 0 Å². The number of amides is 2. The maximum absolute atomic E-state index is 13.7. The number of nitrogens with zero attached hydrogens (tertiary/aromatic N) is 2. The van der Waals surface area contributed by atoms with Gasteiger partial charge in [0.2, 0.25) is 21.8 Å². The van der Waals surface area contributed by atoms with Gasteiger partial charge >= 0.3 is 0 Å². The Morgan fingerprint density at radius 1 is 1.08 bits per heavy atom. The van der Waals surface area contributed by atoms with Gasteiger partial charge in [-0.05, 0) is 55.2 Å². The Bertz CT molecular complexity index is 1170. The van der Waals surface area contributed by atoms with Crippen molar-refractivity contribution in [3.05, 3.63) is 63.9 Å². The molecule has 0 aliphatic heterocycles. The summed E-state index contributed by atoms with van der Waals surface area (Å²) < 4.78 is 39.7. The third kappa shape index (κ3) is 7.57. The van der Waals surface area contributed by atoms with Crippen LogP contribution in [-0.2, 0) is 26.2 Å². The molecule has 11 heteroatoms. The maximum Gasteiger partial charge on any atom is 0.244 e. The summed E-state index contributed by atoms with van der Waals surface area (Å²) in [5, 5.41) is 3.46. The van der Waals surface area contributed by atoms with Crippen molar-refractivity contribution in [2.75, 3.05) is 17.1 Å². The second kappa shape index (κ2) is 12.3. The molecule has 2 aromatic rings. The fraction of sp³-hybridized carbons (Fsp3) is 0.440. The minimum Gasteiger partial charge on any atom is -0.352 e. The molecule has 1 atom stereocenters. The summed E-state index contributed by atoms with van der Waals surface area (Å²) in [5.41, 5.74) is 0.738. The lowest BCUT2D eigenvalue weighted by Gasteiger charge is -2.33. The Morgan fingerprint density at radius 2 is 1.67 bits per heavy atom. The lowest BCUT2D eigenvalue weighted by atomic mass is 10.1. The first-order valence-electron chi connectivity index (χ1n) is 11.8. The van der Waals surface area contributed by atoms with Crippen molar-refractivity contribution in [3.8, 4) is 0 Å². The number of hydrogen-bond donors (Lipinski definition) is 1. The molecule has 36 heavy (non-hydrogen) atoms. The average molecular weight is 559 g/mol. The molecule has 0 bridgehead atoms. The number of benzene rings is 2. The van der Waals surface area contributed by atoms with E-state index in [1.54, 1.807) is 6.92 Å². The van der Waals surface area contributed by atoms with Gasteiger partial charge in [-0.3, -0.25) is 13.9 Å². The lowest BCUT2D eigenvalue weighted by molar-refractivity contribution is -0.140. The number of rotatable bonds is 10. The van der Waals surface area contributed by atoms with E-state index in [0.717, 1.165) is 36.2 Å². The van der Waals surface area contributed by atoms with Crippen LogP contribution in [0.4, 0.5) is 10.1 Å². The van der Waals surface area contributed by atoms with Crippen LogP contribution in [0.2, 0.25) is 10.0 Å². The standard InChI is InChI=1S/C25H30Cl2FN3O4S/c1-3-23(25(33)29-21-6-4-5-7-21)30(15-17-8-10-20(28)11-9-17)24(32)16-31(36(2,34)35)22-13-18(26)12-19(27)14-22/h8-14,21,23H,3-7,15-16H2,1-2H3,(H,29,33). The first-order chi connectivity index (χ1) is 17.0. The minimum absolute atomic E-state index is 0.00358. The predicted octanol–water partition coefficient (Wildman–Crippen LogP) is 4.76. The number of hydrogen-bond acceptors (Lipinski definition) is 4. The zero-order valence-electron chi connectivity index (χ0n) is 20.2. The molecule has 1 aliphatic carbocycles. The van der Waals surface area contributed by atoms with Gasteiger partial charge in [0.25, 0.3) is 0 Å². The monoisotopic (exact) mass is 557 g/mol. The fourth-order valence-electron chi connectivity index (χ4n) is 4.37. The van der Waals surface area contributed by atoms with Crippen molar-refractivity contribution in [2.45, 2.75) is 57.7 Å². The molecule has 0 spiro atoms. The smallest absolute Gasteiger partial charge is 0.244 e. The minimum atomic E-state index is -3.91. The van der Waals surface area contributed by atoms with Crippen LogP contribution >= 0.6 is 23.2 Å². The number of sulfonamides is 1. The topological polar surface area (TPSA) is 86.8 Å². The molecule has 3 rings (SSSR count). The zero-order valence-corrected chi connectivity index (χ0v) is 22.5. The Morgan fingerprint density at radius 3 is 2.19 bits per heavy atom. The molecule has 1 unspecified atom stereocenters. The highest BCUT2D eigenvalue weighted by molar-refractivity contribution is 7.92. The van der Waals surface area contributed by atoms with Gasteiger partial charge in [-0.25, -0.2) is 12.8 Å². The van der Waals surface area contributed by atoms with E-state index in [2.05, 4.69) is 5.32 Å². The number of carbonyl (C=O) groups is 2. The number of anilines is 1.